The largest absolute Gasteiger partial charge is 0.459 e. The number of carbonyl (C=O) groups excluding carboxylic acids is 4. The molecule has 3 saturated heterocycles. The number of ether oxygens (including phenoxy) is 9. The van der Waals surface area contributed by atoms with Gasteiger partial charge in [0.15, 0.2) is 18.7 Å². The van der Waals surface area contributed by atoms with E-state index in [1.165, 1.54) is 21.0 Å². The molecule has 57 heavy (non-hydrogen) atoms. The van der Waals surface area contributed by atoms with Crippen LogP contribution in [-0.4, -0.2) is 157 Å². The molecule has 0 bridgehead atoms. The smallest absolute Gasteiger partial charge is 0.334 e. The number of carbonyl (C=O) groups is 4. The third-order valence-electron chi connectivity index (χ3n) is 11.0. The fourth-order valence-corrected chi connectivity index (χ4v) is 8.01. The van der Waals surface area contributed by atoms with Gasteiger partial charge in [0.1, 0.15) is 48.2 Å². The molecule has 0 saturated carbocycles. The van der Waals surface area contributed by atoms with Crippen molar-refractivity contribution >= 4 is 24.2 Å². The summed E-state index contributed by atoms with van der Waals surface area (Å²) in [6.45, 7) is 11.3. The van der Waals surface area contributed by atoms with E-state index in [1.807, 2.05) is 6.92 Å². The zero-order chi connectivity index (χ0) is 42.4. The second-order valence-electron chi connectivity index (χ2n) is 16.1. The first kappa shape index (κ1) is 46.8. The van der Waals surface area contributed by atoms with Crippen molar-refractivity contribution in [3.05, 3.63) is 24.0 Å². The number of esters is 3. The van der Waals surface area contributed by atoms with Crippen molar-refractivity contribution in [1.82, 2.24) is 4.90 Å². The van der Waals surface area contributed by atoms with Crippen LogP contribution in [0.4, 0.5) is 0 Å². The molecule has 0 amide bonds. The van der Waals surface area contributed by atoms with Crippen molar-refractivity contribution in [2.75, 3.05) is 21.2 Å². The van der Waals surface area contributed by atoms with Gasteiger partial charge in [0.2, 0.25) is 0 Å². The Kier molecular flexibility index (Phi) is 16.8. The van der Waals surface area contributed by atoms with Gasteiger partial charge in [0, 0.05) is 39.7 Å². The molecule has 324 valence electrons. The number of fused-ring (bicyclic) bond motifs is 1. The number of epoxide rings is 1. The van der Waals surface area contributed by atoms with Crippen molar-refractivity contribution in [3.63, 3.8) is 0 Å². The van der Waals surface area contributed by atoms with Crippen LogP contribution in [0.25, 0.3) is 0 Å². The van der Waals surface area contributed by atoms with Crippen LogP contribution < -0.4 is 0 Å². The molecule has 0 aromatic heterocycles. The summed E-state index contributed by atoms with van der Waals surface area (Å²) in [6.07, 6.45) is -6.13. The molecule has 4 heterocycles. The quantitative estimate of drug-likeness (QED) is 0.0889. The molecule has 0 radical (unpaired) electrons. The van der Waals surface area contributed by atoms with E-state index in [2.05, 4.69) is 0 Å². The third kappa shape index (κ3) is 12.3. The van der Waals surface area contributed by atoms with Gasteiger partial charge in [-0.15, -0.1) is 0 Å². The zero-order valence-electron chi connectivity index (χ0n) is 34.7. The summed E-state index contributed by atoms with van der Waals surface area (Å²) in [6, 6.07) is -0.797. The van der Waals surface area contributed by atoms with Crippen molar-refractivity contribution in [3.8, 4) is 0 Å². The highest BCUT2D eigenvalue weighted by atomic mass is 16.7. The van der Waals surface area contributed by atoms with Gasteiger partial charge in [-0.25, -0.2) is 4.79 Å². The van der Waals surface area contributed by atoms with Crippen LogP contribution in [0.5, 0.6) is 0 Å². The number of hydrogen-bond donors (Lipinski definition) is 3. The van der Waals surface area contributed by atoms with Crippen molar-refractivity contribution < 1.29 is 77.1 Å². The molecule has 0 aromatic rings. The molecule has 0 aliphatic carbocycles. The Labute approximate surface area is 334 Å². The third-order valence-corrected chi connectivity index (χ3v) is 11.0. The van der Waals surface area contributed by atoms with Gasteiger partial charge in [-0.3, -0.25) is 9.59 Å². The molecule has 3 unspecified atom stereocenters. The number of hydrogen-bond acceptors (Lipinski definition) is 17. The Morgan fingerprint density at radius 3 is 2.32 bits per heavy atom. The predicted octanol–water partition coefficient (Wildman–Crippen LogP) is 1.71. The summed E-state index contributed by atoms with van der Waals surface area (Å²) in [5, 5.41) is 34.5. The number of aliphatic hydroxyl groups is 3. The summed E-state index contributed by atoms with van der Waals surface area (Å²) in [5.41, 5.74) is -1.50. The van der Waals surface area contributed by atoms with E-state index >= 15 is 0 Å². The Bertz CT molecular complexity index is 1440. The van der Waals surface area contributed by atoms with E-state index < -0.39 is 109 Å². The summed E-state index contributed by atoms with van der Waals surface area (Å²) in [4.78, 5) is 51.9. The number of rotatable bonds is 11. The van der Waals surface area contributed by atoms with Gasteiger partial charge in [-0.1, -0.05) is 26.0 Å². The first-order chi connectivity index (χ1) is 26.8. The average Bonchev–Trinajstić information content (AvgIpc) is 3.86. The summed E-state index contributed by atoms with van der Waals surface area (Å²) in [5.74, 6) is -3.48. The molecular weight excluding hydrogens is 750 g/mol. The van der Waals surface area contributed by atoms with E-state index in [4.69, 9.17) is 42.6 Å². The number of aliphatic hydroxyl groups excluding tert-OH is 2. The van der Waals surface area contributed by atoms with Crippen LogP contribution in [0.2, 0.25) is 0 Å². The SMILES string of the molecule is CCC(=O)O/C1=C\C(=O)O[C@H](C)CC2OC2/C=C/[C@H](O)[C@H](C)C[C@H](CC=O)C(O[C@@H]2O[C@H](C)[C@@H](O[C@H]3C[C@@](C)(O)[C@@H](OC(C)=O)[C@H](C)O3)[C@H](N(C)C)[C@H]2O)[C@H]1OC. The molecule has 4 aliphatic rings. The van der Waals surface area contributed by atoms with Gasteiger partial charge in [0.25, 0.3) is 0 Å². The van der Waals surface area contributed by atoms with E-state index in [-0.39, 0.29) is 43.7 Å². The fraction of sp³-hybridized carbons (Fsp3) is 0.800. The number of likely N-dealkylation sites (N-methyl/N-ethyl adjacent to an activating group) is 1. The molecule has 4 rings (SSSR count). The Balaban J connectivity index is 1.70. The summed E-state index contributed by atoms with van der Waals surface area (Å²) >= 11 is 0. The number of methoxy groups -OCH3 is 1. The molecular formula is C40H63NO16. The Morgan fingerprint density at radius 1 is 1.02 bits per heavy atom. The highest BCUT2D eigenvalue weighted by Gasteiger charge is 2.52. The van der Waals surface area contributed by atoms with Gasteiger partial charge < -0.3 is 67.6 Å². The second kappa shape index (κ2) is 20.4. The normalized spacial score (nSPS) is 43.5. The molecule has 0 aromatic carbocycles. The monoisotopic (exact) mass is 813 g/mol. The van der Waals surface area contributed by atoms with Crippen LogP contribution in [0, 0.1) is 11.8 Å². The minimum atomic E-state index is -1.50. The minimum Gasteiger partial charge on any atom is -0.459 e. The maximum atomic E-state index is 13.3. The van der Waals surface area contributed by atoms with Gasteiger partial charge in [-0.2, -0.15) is 0 Å². The van der Waals surface area contributed by atoms with Crippen LogP contribution in [0.1, 0.15) is 80.6 Å². The van der Waals surface area contributed by atoms with Gasteiger partial charge in [0.05, 0.1) is 42.6 Å². The summed E-state index contributed by atoms with van der Waals surface area (Å²) < 4.78 is 53.7. The van der Waals surface area contributed by atoms with Crippen LogP contribution in [0.3, 0.4) is 0 Å². The molecule has 17 nitrogen and oxygen atoms in total. The Hall–Kier alpha value is -2.84. The van der Waals surface area contributed by atoms with Crippen LogP contribution in [-0.2, 0) is 61.8 Å². The van der Waals surface area contributed by atoms with Crippen molar-refractivity contribution in [2.24, 2.45) is 11.8 Å². The number of cyclic esters (lactones) is 1. The lowest BCUT2D eigenvalue weighted by Crippen LogP contribution is -2.65. The van der Waals surface area contributed by atoms with E-state index in [0.717, 1.165) is 6.08 Å². The first-order valence-corrected chi connectivity index (χ1v) is 19.8. The van der Waals surface area contributed by atoms with Crippen LogP contribution in [0.15, 0.2) is 24.0 Å². The second-order valence-corrected chi connectivity index (χ2v) is 16.1. The maximum Gasteiger partial charge on any atom is 0.334 e. The standard InChI is InChI=1S/C40H63NO16/c1-11-30(45)55-29-18-31(46)50-21(3)17-28-27(54-28)13-12-26(44)20(2)16-25(14-15-42)36(37(29)49-10)57-39-34(47)33(41(8)9)35(22(4)52-39)56-32-19-40(7,48)38(23(5)51-32)53-24(6)43/h12-13,15,18,20-23,25-28,32-39,44,47-48H,11,14,16-17,19H2,1-10H3/b13-12+,29-18-/t20-,21-,22-,23+,25+,26+,27?,28?,32+,33-,34-,35-,36?,37+,38+,39+,40-/m1/s1. The highest BCUT2D eigenvalue weighted by Crippen LogP contribution is 2.38. The molecule has 17 atom stereocenters. The lowest BCUT2D eigenvalue weighted by molar-refractivity contribution is -0.342. The van der Waals surface area contributed by atoms with Gasteiger partial charge in [-0.05, 0) is 60.0 Å². The molecule has 3 N–H and O–H groups in total. The lowest BCUT2D eigenvalue weighted by atomic mass is 9.83. The topological polar surface area (TPSA) is 219 Å². The average molecular weight is 814 g/mol. The lowest BCUT2D eigenvalue weighted by Gasteiger charge is -2.50. The maximum absolute atomic E-state index is 13.3. The van der Waals surface area contributed by atoms with Gasteiger partial charge >= 0.3 is 17.9 Å². The Morgan fingerprint density at radius 2 is 1.72 bits per heavy atom. The van der Waals surface area contributed by atoms with Crippen molar-refractivity contribution in [1.29, 1.82) is 0 Å². The molecule has 4 aliphatic heterocycles. The first-order valence-electron chi connectivity index (χ1n) is 19.8. The molecule has 0 spiro atoms. The summed E-state index contributed by atoms with van der Waals surface area (Å²) in [7, 11) is 4.79. The number of nitrogens with zero attached hydrogens (tertiary/aromatic N) is 1. The van der Waals surface area contributed by atoms with Crippen molar-refractivity contribution in [2.45, 2.75) is 172 Å². The van der Waals surface area contributed by atoms with E-state index in [0.29, 0.717) is 12.7 Å². The molecule has 3 fully saturated rings. The van der Waals surface area contributed by atoms with E-state index in [9.17, 15) is 34.5 Å². The van der Waals surface area contributed by atoms with E-state index in [1.54, 1.807) is 58.8 Å². The van der Waals surface area contributed by atoms with Crippen LogP contribution >= 0.6 is 0 Å². The minimum absolute atomic E-state index is 0.0460. The fourth-order valence-electron chi connectivity index (χ4n) is 8.01. The molecule has 17 heteroatoms. The number of aldehydes is 1. The highest BCUT2D eigenvalue weighted by molar-refractivity contribution is 5.83. The predicted molar refractivity (Wildman–Crippen MR) is 200 cm³/mol. The zero-order valence-corrected chi connectivity index (χ0v) is 34.7.